The summed E-state index contributed by atoms with van der Waals surface area (Å²) < 4.78 is 0. The Balaban J connectivity index is 1.74. The van der Waals surface area contributed by atoms with Gasteiger partial charge in [0.1, 0.15) is 0 Å². The molecule has 3 nitrogen and oxygen atoms in total. The van der Waals surface area contributed by atoms with Crippen molar-refractivity contribution in [2.75, 3.05) is 0 Å². The minimum absolute atomic E-state index is 0.00586. The quantitative estimate of drug-likeness (QED) is 0.387. The summed E-state index contributed by atoms with van der Waals surface area (Å²) in [5.74, 6) is 0.0357. The maximum absolute atomic E-state index is 12.7. The highest BCUT2D eigenvalue weighted by Gasteiger charge is 2.21. The smallest absolute Gasteiger partial charge is 0.209 e. The van der Waals surface area contributed by atoms with E-state index in [0.29, 0.717) is 11.3 Å². The number of H-pyrrole nitrogens is 2. The number of hydrogen-bond acceptors (Lipinski definition) is 1. The fourth-order valence-corrected chi connectivity index (χ4v) is 3.32. The second-order valence-electron chi connectivity index (χ2n) is 6.46. The van der Waals surface area contributed by atoms with Crippen molar-refractivity contribution in [3.05, 3.63) is 119 Å². The third kappa shape index (κ3) is 3.11. The normalized spacial score (nSPS) is 12.0. The molecule has 0 saturated carbocycles. The number of carbonyl (C=O) groups is 1. The Kier molecular flexibility index (Phi) is 4.28. The van der Waals surface area contributed by atoms with Crippen LogP contribution in [0.25, 0.3) is 0 Å². The standard InChI is InChI=1S/C23H20N2O/c1-16-12-13-19(24-16)22(17-8-4-2-5-9-17)20-14-15-21(25-20)23(26)18-10-6-3-7-11-18/h2-15,22,24-25H,1H3/i23+1. The average molecular weight is 341 g/mol. The summed E-state index contributed by atoms with van der Waals surface area (Å²) in [7, 11) is 0. The lowest BCUT2D eigenvalue weighted by Crippen LogP contribution is -2.06. The summed E-state index contributed by atoms with van der Waals surface area (Å²) in [5.41, 5.74) is 5.69. The van der Waals surface area contributed by atoms with E-state index in [2.05, 4.69) is 34.2 Å². The molecule has 0 aliphatic carbocycles. The van der Waals surface area contributed by atoms with Crippen LogP contribution in [0.3, 0.4) is 0 Å². The first-order chi connectivity index (χ1) is 12.7. The molecule has 2 aromatic heterocycles. The molecule has 128 valence electrons. The van der Waals surface area contributed by atoms with Crippen LogP contribution in [-0.4, -0.2) is 15.8 Å². The number of benzene rings is 2. The molecule has 26 heavy (non-hydrogen) atoms. The van der Waals surface area contributed by atoms with E-state index in [1.54, 1.807) is 0 Å². The molecule has 4 aromatic rings. The molecule has 0 aliphatic heterocycles. The monoisotopic (exact) mass is 341 g/mol. The van der Waals surface area contributed by atoms with Crippen LogP contribution in [0, 0.1) is 6.92 Å². The van der Waals surface area contributed by atoms with E-state index >= 15 is 0 Å². The van der Waals surface area contributed by atoms with Gasteiger partial charge in [0, 0.05) is 22.6 Å². The highest BCUT2D eigenvalue weighted by molar-refractivity contribution is 6.07. The molecule has 0 amide bonds. The van der Waals surface area contributed by atoms with Gasteiger partial charge in [0.25, 0.3) is 0 Å². The van der Waals surface area contributed by atoms with Gasteiger partial charge in [-0.25, -0.2) is 0 Å². The minimum atomic E-state index is 0.00586. The van der Waals surface area contributed by atoms with Crippen LogP contribution in [0.2, 0.25) is 0 Å². The number of hydrogen-bond donors (Lipinski definition) is 2. The van der Waals surface area contributed by atoms with Crippen LogP contribution in [0.4, 0.5) is 0 Å². The molecule has 2 heterocycles. The van der Waals surface area contributed by atoms with Gasteiger partial charge in [0.05, 0.1) is 11.6 Å². The number of aryl methyl sites for hydroxylation is 1. The molecule has 1 unspecified atom stereocenters. The van der Waals surface area contributed by atoms with Gasteiger partial charge in [-0.15, -0.1) is 0 Å². The van der Waals surface area contributed by atoms with Crippen LogP contribution in [0.15, 0.2) is 84.9 Å². The number of rotatable bonds is 5. The van der Waals surface area contributed by atoms with Crippen molar-refractivity contribution in [3.8, 4) is 0 Å². The molecule has 1 atom stereocenters. The summed E-state index contributed by atoms with van der Waals surface area (Å²) in [6.45, 7) is 2.05. The lowest BCUT2D eigenvalue weighted by Gasteiger charge is -2.15. The summed E-state index contributed by atoms with van der Waals surface area (Å²) >= 11 is 0. The largest absolute Gasteiger partial charge is 0.362 e. The van der Waals surface area contributed by atoms with E-state index in [4.69, 9.17) is 0 Å². The molecule has 2 aromatic carbocycles. The van der Waals surface area contributed by atoms with E-state index < -0.39 is 0 Å². The summed E-state index contributed by atoms with van der Waals surface area (Å²) in [6, 6.07) is 27.7. The molecule has 0 radical (unpaired) electrons. The molecule has 4 rings (SSSR count). The second kappa shape index (κ2) is 6.89. The Hall–Kier alpha value is -3.33. The molecule has 0 aliphatic rings. The van der Waals surface area contributed by atoms with Crippen molar-refractivity contribution in [1.29, 1.82) is 0 Å². The topological polar surface area (TPSA) is 48.6 Å². The lowest BCUT2D eigenvalue weighted by atomic mass is 9.93. The third-order valence-corrected chi connectivity index (χ3v) is 4.60. The SMILES string of the molecule is Cc1ccc(C(c2ccccc2)c2ccc([13C](=O)c3ccccc3)[nH]2)[nH]1. The third-order valence-electron chi connectivity index (χ3n) is 4.60. The number of carbonyl (C=O) groups excluding carboxylic acids is 1. The first kappa shape index (κ1) is 16.2. The predicted octanol–water partition coefficient (Wildman–Crippen LogP) is 5.06. The fraction of sp³-hybridized carbons (Fsp3) is 0.0870. The molecule has 2 N–H and O–H groups in total. The molecule has 0 saturated heterocycles. The maximum Gasteiger partial charge on any atom is 0.209 e. The van der Waals surface area contributed by atoms with Gasteiger partial charge in [-0.05, 0) is 36.8 Å². The average Bonchev–Trinajstić information content (AvgIpc) is 3.33. The van der Waals surface area contributed by atoms with E-state index in [-0.39, 0.29) is 11.7 Å². The van der Waals surface area contributed by atoms with Crippen LogP contribution < -0.4 is 0 Å². The maximum atomic E-state index is 12.7. The molecular formula is C23H20N2O. The van der Waals surface area contributed by atoms with Crippen molar-refractivity contribution in [2.45, 2.75) is 12.8 Å². The molecule has 0 spiro atoms. The van der Waals surface area contributed by atoms with Crippen molar-refractivity contribution in [3.63, 3.8) is 0 Å². The van der Waals surface area contributed by atoms with Crippen LogP contribution >= 0.6 is 0 Å². The molecule has 3 heteroatoms. The van der Waals surface area contributed by atoms with Crippen molar-refractivity contribution in [1.82, 2.24) is 9.97 Å². The second-order valence-corrected chi connectivity index (χ2v) is 6.46. The van der Waals surface area contributed by atoms with E-state index in [9.17, 15) is 4.79 Å². The summed E-state index contributed by atoms with van der Waals surface area (Å²) in [4.78, 5) is 19.5. The number of nitrogens with one attached hydrogen (secondary N) is 2. The first-order valence-electron chi connectivity index (χ1n) is 8.71. The summed E-state index contributed by atoms with van der Waals surface area (Å²) in [5, 5.41) is 0. The first-order valence-corrected chi connectivity index (χ1v) is 8.71. The Morgan fingerprint density at radius 3 is 2.00 bits per heavy atom. The van der Waals surface area contributed by atoms with Crippen LogP contribution in [0.5, 0.6) is 0 Å². The van der Waals surface area contributed by atoms with E-state index in [1.807, 2.05) is 67.6 Å². The minimum Gasteiger partial charge on any atom is -0.362 e. The molecule has 0 bridgehead atoms. The van der Waals surface area contributed by atoms with E-state index in [0.717, 1.165) is 17.1 Å². The summed E-state index contributed by atoms with van der Waals surface area (Å²) in [6.07, 6.45) is 0. The number of aromatic nitrogens is 2. The number of ketones is 1. The Morgan fingerprint density at radius 2 is 1.35 bits per heavy atom. The lowest BCUT2D eigenvalue weighted by molar-refractivity contribution is 0.103. The van der Waals surface area contributed by atoms with Gasteiger partial charge in [-0.3, -0.25) is 4.79 Å². The van der Waals surface area contributed by atoms with Gasteiger partial charge in [-0.1, -0.05) is 60.7 Å². The molecule has 0 fully saturated rings. The Bertz CT molecular complexity index is 1010. The Labute approximate surface area is 152 Å². The zero-order valence-electron chi connectivity index (χ0n) is 14.6. The van der Waals surface area contributed by atoms with Gasteiger partial charge in [0.2, 0.25) is 5.78 Å². The van der Waals surface area contributed by atoms with Gasteiger partial charge in [0.15, 0.2) is 0 Å². The van der Waals surface area contributed by atoms with Gasteiger partial charge in [-0.2, -0.15) is 0 Å². The van der Waals surface area contributed by atoms with Crippen molar-refractivity contribution >= 4 is 5.78 Å². The fourth-order valence-electron chi connectivity index (χ4n) is 3.32. The van der Waals surface area contributed by atoms with Crippen LogP contribution in [0.1, 0.15) is 44.6 Å². The number of aromatic amines is 2. The zero-order valence-corrected chi connectivity index (χ0v) is 14.6. The predicted molar refractivity (Wildman–Crippen MR) is 104 cm³/mol. The zero-order chi connectivity index (χ0) is 17.9. The van der Waals surface area contributed by atoms with Crippen LogP contribution in [-0.2, 0) is 0 Å². The molecular weight excluding hydrogens is 321 g/mol. The highest BCUT2D eigenvalue weighted by atomic mass is 16.2. The van der Waals surface area contributed by atoms with Gasteiger partial charge >= 0.3 is 0 Å². The van der Waals surface area contributed by atoms with Crippen molar-refractivity contribution < 1.29 is 4.79 Å². The Morgan fingerprint density at radius 1 is 0.731 bits per heavy atom. The highest BCUT2D eigenvalue weighted by Crippen LogP contribution is 2.31. The van der Waals surface area contributed by atoms with Crippen molar-refractivity contribution in [2.24, 2.45) is 0 Å². The van der Waals surface area contributed by atoms with E-state index in [1.165, 1.54) is 5.56 Å². The van der Waals surface area contributed by atoms with Gasteiger partial charge < -0.3 is 9.97 Å².